The minimum atomic E-state index is -1.07. The van der Waals surface area contributed by atoms with E-state index in [1.54, 1.807) is 6.20 Å². The summed E-state index contributed by atoms with van der Waals surface area (Å²) in [5, 5.41) is 0. The predicted octanol–water partition coefficient (Wildman–Crippen LogP) is 3.06. The van der Waals surface area contributed by atoms with Gasteiger partial charge in [-0.15, -0.1) is 0 Å². The molecule has 0 fully saturated rings. The van der Waals surface area contributed by atoms with Crippen molar-refractivity contribution in [3.05, 3.63) is 65.5 Å². The van der Waals surface area contributed by atoms with Crippen molar-refractivity contribution in [3.63, 3.8) is 0 Å². The Kier molecular flexibility index (Phi) is 5.11. The van der Waals surface area contributed by atoms with Gasteiger partial charge in [0.1, 0.15) is 0 Å². The summed E-state index contributed by atoms with van der Waals surface area (Å²) in [5.74, 6) is -2.47. The molecule has 0 aliphatic carbocycles. The van der Waals surface area contributed by atoms with Crippen LogP contribution in [0.1, 0.15) is 22.5 Å². The molecule has 0 radical (unpaired) electrons. The molecule has 2 rings (SSSR count). The first-order valence-corrected chi connectivity index (χ1v) is 6.63. The lowest BCUT2D eigenvalue weighted by Crippen LogP contribution is -2.22. The molecule has 5 heteroatoms. The van der Waals surface area contributed by atoms with E-state index in [9.17, 15) is 13.6 Å². The Balaban J connectivity index is 1.90. The Morgan fingerprint density at radius 1 is 1.19 bits per heavy atom. The maximum absolute atomic E-state index is 13.5. The fraction of sp³-hybridized carbons (Fsp3) is 0.250. The SMILES string of the molecule is CN(CCC(=O)c1cccc(F)c1F)Cc1ccccn1. The van der Waals surface area contributed by atoms with Gasteiger partial charge in [0.25, 0.3) is 0 Å². The minimum Gasteiger partial charge on any atom is -0.300 e. The summed E-state index contributed by atoms with van der Waals surface area (Å²) in [6.07, 6.45) is 1.83. The second kappa shape index (κ2) is 7.04. The first-order chi connectivity index (χ1) is 10.1. The zero-order chi connectivity index (χ0) is 15.2. The summed E-state index contributed by atoms with van der Waals surface area (Å²) >= 11 is 0. The van der Waals surface area contributed by atoms with E-state index in [2.05, 4.69) is 4.98 Å². The van der Waals surface area contributed by atoms with E-state index in [0.29, 0.717) is 13.1 Å². The van der Waals surface area contributed by atoms with Crippen molar-refractivity contribution >= 4 is 5.78 Å². The number of carbonyl (C=O) groups is 1. The molecule has 0 aliphatic heterocycles. The highest BCUT2D eigenvalue weighted by molar-refractivity contribution is 5.96. The minimum absolute atomic E-state index is 0.129. The fourth-order valence-corrected chi connectivity index (χ4v) is 1.99. The van der Waals surface area contributed by atoms with E-state index in [-0.39, 0.29) is 12.0 Å². The molecular weight excluding hydrogens is 274 g/mol. The lowest BCUT2D eigenvalue weighted by Gasteiger charge is -2.15. The molecule has 0 amide bonds. The van der Waals surface area contributed by atoms with Crippen LogP contribution in [-0.4, -0.2) is 29.3 Å². The van der Waals surface area contributed by atoms with Crippen molar-refractivity contribution in [2.24, 2.45) is 0 Å². The lowest BCUT2D eigenvalue weighted by atomic mass is 10.1. The summed E-state index contributed by atoms with van der Waals surface area (Å²) < 4.78 is 26.6. The standard InChI is InChI=1S/C16H16F2N2O/c1-20(11-12-5-2-3-9-19-12)10-8-15(21)13-6-4-7-14(17)16(13)18/h2-7,9H,8,10-11H2,1H3. The number of nitrogens with zero attached hydrogens (tertiary/aromatic N) is 2. The van der Waals surface area contributed by atoms with Gasteiger partial charge in [0.15, 0.2) is 17.4 Å². The van der Waals surface area contributed by atoms with Gasteiger partial charge in [-0.3, -0.25) is 9.78 Å². The Morgan fingerprint density at radius 2 is 2.00 bits per heavy atom. The van der Waals surface area contributed by atoms with Crippen LogP contribution in [0.2, 0.25) is 0 Å². The predicted molar refractivity (Wildman–Crippen MR) is 75.9 cm³/mol. The van der Waals surface area contributed by atoms with Crippen LogP contribution >= 0.6 is 0 Å². The summed E-state index contributed by atoms with van der Waals surface area (Å²) in [6.45, 7) is 1.05. The Hall–Kier alpha value is -2.14. The van der Waals surface area contributed by atoms with Gasteiger partial charge in [0.2, 0.25) is 0 Å². The molecule has 0 N–H and O–H groups in total. The van der Waals surface area contributed by atoms with Gasteiger partial charge in [-0.25, -0.2) is 8.78 Å². The third-order valence-corrected chi connectivity index (χ3v) is 3.13. The molecule has 0 saturated carbocycles. The average molecular weight is 290 g/mol. The topological polar surface area (TPSA) is 33.2 Å². The number of hydrogen-bond donors (Lipinski definition) is 0. The number of hydrogen-bond acceptors (Lipinski definition) is 3. The molecule has 3 nitrogen and oxygen atoms in total. The van der Waals surface area contributed by atoms with E-state index in [0.717, 1.165) is 11.8 Å². The molecule has 0 bridgehead atoms. The molecule has 0 atom stereocenters. The van der Waals surface area contributed by atoms with Gasteiger partial charge in [0, 0.05) is 25.7 Å². The molecular formula is C16H16F2N2O. The maximum Gasteiger partial charge on any atom is 0.169 e. The molecule has 110 valence electrons. The van der Waals surface area contributed by atoms with Crippen molar-refractivity contribution < 1.29 is 13.6 Å². The van der Waals surface area contributed by atoms with Crippen molar-refractivity contribution in [3.8, 4) is 0 Å². The van der Waals surface area contributed by atoms with Crippen LogP contribution in [0.25, 0.3) is 0 Å². The second-order valence-corrected chi connectivity index (χ2v) is 4.83. The first kappa shape index (κ1) is 15.3. The number of halogens is 2. The fourth-order valence-electron chi connectivity index (χ4n) is 1.99. The Labute approximate surface area is 122 Å². The number of Topliss-reactive ketones (excluding diaryl/α,β-unsaturated/α-hetero) is 1. The van der Waals surface area contributed by atoms with Crippen LogP contribution < -0.4 is 0 Å². The Bertz CT molecular complexity index is 617. The monoisotopic (exact) mass is 290 g/mol. The van der Waals surface area contributed by atoms with Gasteiger partial charge >= 0.3 is 0 Å². The highest BCUT2D eigenvalue weighted by Crippen LogP contribution is 2.13. The largest absolute Gasteiger partial charge is 0.300 e. The zero-order valence-corrected chi connectivity index (χ0v) is 11.7. The van der Waals surface area contributed by atoms with Gasteiger partial charge in [0.05, 0.1) is 11.3 Å². The summed E-state index contributed by atoms with van der Waals surface area (Å²) in [5.41, 5.74) is 0.700. The van der Waals surface area contributed by atoms with Gasteiger partial charge in [-0.05, 0) is 31.3 Å². The van der Waals surface area contributed by atoms with Crippen LogP contribution in [-0.2, 0) is 6.54 Å². The maximum atomic E-state index is 13.5. The van der Waals surface area contributed by atoms with Crippen LogP contribution in [0.5, 0.6) is 0 Å². The smallest absolute Gasteiger partial charge is 0.169 e. The van der Waals surface area contributed by atoms with Crippen LogP contribution in [0.3, 0.4) is 0 Å². The number of pyridine rings is 1. The van der Waals surface area contributed by atoms with Gasteiger partial charge in [-0.2, -0.15) is 0 Å². The summed E-state index contributed by atoms with van der Waals surface area (Å²) in [7, 11) is 1.85. The van der Waals surface area contributed by atoms with Crippen LogP contribution in [0.15, 0.2) is 42.6 Å². The average Bonchev–Trinajstić information content (AvgIpc) is 2.48. The normalized spacial score (nSPS) is 10.9. The molecule has 0 aliphatic rings. The van der Waals surface area contributed by atoms with E-state index in [1.165, 1.54) is 12.1 Å². The van der Waals surface area contributed by atoms with E-state index >= 15 is 0 Å². The number of ketones is 1. The van der Waals surface area contributed by atoms with Crippen molar-refractivity contribution in [1.82, 2.24) is 9.88 Å². The van der Waals surface area contributed by atoms with E-state index in [4.69, 9.17) is 0 Å². The summed E-state index contributed by atoms with van der Waals surface area (Å²) in [6, 6.07) is 9.26. The molecule has 1 aromatic heterocycles. The first-order valence-electron chi connectivity index (χ1n) is 6.63. The zero-order valence-electron chi connectivity index (χ0n) is 11.7. The van der Waals surface area contributed by atoms with Gasteiger partial charge in [-0.1, -0.05) is 12.1 Å². The quantitative estimate of drug-likeness (QED) is 0.767. The number of benzene rings is 1. The molecule has 1 heterocycles. The van der Waals surface area contributed by atoms with E-state index < -0.39 is 17.4 Å². The molecule has 0 saturated heterocycles. The molecule has 1 aromatic carbocycles. The van der Waals surface area contributed by atoms with Crippen molar-refractivity contribution in [2.45, 2.75) is 13.0 Å². The lowest BCUT2D eigenvalue weighted by molar-refractivity contribution is 0.0962. The van der Waals surface area contributed by atoms with Crippen LogP contribution in [0.4, 0.5) is 8.78 Å². The van der Waals surface area contributed by atoms with Crippen molar-refractivity contribution in [1.29, 1.82) is 0 Å². The highest BCUT2D eigenvalue weighted by Gasteiger charge is 2.15. The molecule has 21 heavy (non-hydrogen) atoms. The molecule has 2 aromatic rings. The van der Waals surface area contributed by atoms with E-state index in [1.807, 2.05) is 30.1 Å². The van der Waals surface area contributed by atoms with Crippen LogP contribution in [0, 0.1) is 11.6 Å². The number of aromatic nitrogens is 1. The third kappa shape index (κ3) is 4.16. The van der Waals surface area contributed by atoms with Crippen molar-refractivity contribution in [2.75, 3.05) is 13.6 Å². The molecule has 0 spiro atoms. The second-order valence-electron chi connectivity index (χ2n) is 4.83. The number of carbonyl (C=O) groups excluding carboxylic acids is 1. The Morgan fingerprint density at radius 3 is 2.71 bits per heavy atom. The number of rotatable bonds is 6. The summed E-state index contributed by atoms with van der Waals surface area (Å²) in [4.78, 5) is 18.0. The molecule has 0 unspecified atom stereocenters. The third-order valence-electron chi connectivity index (χ3n) is 3.13. The highest BCUT2D eigenvalue weighted by atomic mass is 19.2. The van der Waals surface area contributed by atoms with Gasteiger partial charge < -0.3 is 4.90 Å².